The Morgan fingerprint density at radius 1 is 1.27 bits per heavy atom. The summed E-state index contributed by atoms with van der Waals surface area (Å²) in [6, 6.07) is 9.18. The van der Waals surface area contributed by atoms with Crippen LogP contribution in [0.2, 0.25) is 0 Å². The molecule has 0 amide bonds. The van der Waals surface area contributed by atoms with Gasteiger partial charge >= 0.3 is 0 Å². The van der Waals surface area contributed by atoms with E-state index in [0.717, 1.165) is 5.56 Å². The highest BCUT2D eigenvalue weighted by molar-refractivity contribution is 7.92. The van der Waals surface area contributed by atoms with Crippen LogP contribution in [0, 0.1) is 0 Å². The van der Waals surface area contributed by atoms with Gasteiger partial charge in [-0.15, -0.1) is 6.58 Å². The molecular formula is C12H16O2S. The standard InChI is InChI=1S/C12H16O2S/c1-4-12(2,3)15(13,14)10-11-8-6-5-7-9-11/h4-9H,1,10H2,2-3H3. The predicted octanol–water partition coefficient (Wildman–Crippen LogP) is 2.57. The van der Waals surface area contributed by atoms with Crippen molar-refractivity contribution in [3.8, 4) is 0 Å². The Bertz CT molecular complexity index is 430. The first-order valence-electron chi connectivity index (χ1n) is 4.79. The molecule has 0 fully saturated rings. The number of sulfone groups is 1. The second-order valence-electron chi connectivity index (χ2n) is 4.05. The lowest BCUT2D eigenvalue weighted by molar-refractivity contribution is 0.571. The van der Waals surface area contributed by atoms with E-state index in [1.165, 1.54) is 6.08 Å². The molecule has 0 N–H and O–H groups in total. The quantitative estimate of drug-likeness (QED) is 0.737. The van der Waals surface area contributed by atoms with Gasteiger partial charge in [0, 0.05) is 0 Å². The maximum Gasteiger partial charge on any atom is 0.163 e. The molecule has 0 aliphatic heterocycles. The van der Waals surface area contributed by atoms with E-state index in [0.29, 0.717) is 0 Å². The third kappa shape index (κ3) is 2.69. The molecule has 0 saturated carbocycles. The van der Waals surface area contributed by atoms with Gasteiger partial charge in [0.05, 0.1) is 10.5 Å². The molecule has 0 heterocycles. The fraction of sp³-hybridized carbons (Fsp3) is 0.333. The van der Waals surface area contributed by atoms with Crippen LogP contribution in [-0.2, 0) is 15.6 Å². The van der Waals surface area contributed by atoms with Crippen LogP contribution in [0.1, 0.15) is 19.4 Å². The zero-order valence-corrected chi connectivity index (χ0v) is 9.92. The molecule has 0 aliphatic rings. The molecule has 0 saturated heterocycles. The van der Waals surface area contributed by atoms with Crippen LogP contribution >= 0.6 is 0 Å². The van der Waals surface area contributed by atoms with E-state index in [9.17, 15) is 8.42 Å². The van der Waals surface area contributed by atoms with E-state index in [1.54, 1.807) is 13.8 Å². The summed E-state index contributed by atoms with van der Waals surface area (Å²) in [5.74, 6) is 0.0624. The summed E-state index contributed by atoms with van der Waals surface area (Å²) in [5, 5.41) is 0. The lowest BCUT2D eigenvalue weighted by Crippen LogP contribution is -2.30. The molecular weight excluding hydrogens is 208 g/mol. The zero-order valence-electron chi connectivity index (χ0n) is 9.10. The largest absolute Gasteiger partial charge is 0.228 e. The van der Waals surface area contributed by atoms with E-state index < -0.39 is 14.6 Å². The van der Waals surface area contributed by atoms with Gasteiger partial charge in [-0.1, -0.05) is 36.4 Å². The summed E-state index contributed by atoms with van der Waals surface area (Å²) in [7, 11) is -3.18. The van der Waals surface area contributed by atoms with Crippen LogP contribution in [0.4, 0.5) is 0 Å². The number of benzene rings is 1. The van der Waals surface area contributed by atoms with Crippen molar-refractivity contribution in [3.63, 3.8) is 0 Å². The molecule has 1 aromatic rings. The van der Waals surface area contributed by atoms with Crippen molar-refractivity contribution in [2.24, 2.45) is 0 Å². The van der Waals surface area contributed by atoms with Crippen molar-refractivity contribution in [3.05, 3.63) is 48.6 Å². The topological polar surface area (TPSA) is 34.1 Å². The van der Waals surface area contributed by atoms with Crippen molar-refractivity contribution in [2.45, 2.75) is 24.3 Å². The molecule has 0 atom stereocenters. The predicted molar refractivity (Wildman–Crippen MR) is 63.3 cm³/mol. The van der Waals surface area contributed by atoms with E-state index >= 15 is 0 Å². The normalized spacial score (nSPS) is 12.4. The molecule has 0 radical (unpaired) electrons. The average Bonchev–Trinajstić information content (AvgIpc) is 2.18. The van der Waals surface area contributed by atoms with Gasteiger partial charge in [0.25, 0.3) is 0 Å². The first-order valence-corrected chi connectivity index (χ1v) is 6.44. The van der Waals surface area contributed by atoms with Crippen molar-refractivity contribution >= 4 is 9.84 Å². The van der Waals surface area contributed by atoms with E-state index in [2.05, 4.69) is 6.58 Å². The lowest BCUT2D eigenvalue weighted by atomic mass is 10.2. The summed E-state index contributed by atoms with van der Waals surface area (Å²) < 4.78 is 23.1. The molecule has 0 aliphatic carbocycles. The summed E-state index contributed by atoms with van der Waals surface area (Å²) in [4.78, 5) is 0. The van der Waals surface area contributed by atoms with Gasteiger partial charge in [-0.05, 0) is 19.4 Å². The molecule has 0 aromatic heterocycles. The van der Waals surface area contributed by atoms with Crippen molar-refractivity contribution in [1.29, 1.82) is 0 Å². The van der Waals surface area contributed by atoms with E-state index in [1.807, 2.05) is 30.3 Å². The van der Waals surface area contributed by atoms with Gasteiger partial charge in [0.2, 0.25) is 0 Å². The summed E-state index contributed by atoms with van der Waals surface area (Å²) >= 11 is 0. The minimum absolute atomic E-state index is 0.0624. The van der Waals surface area contributed by atoms with Crippen LogP contribution < -0.4 is 0 Å². The van der Waals surface area contributed by atoms with Gasteiger partial charge in [-0.3, -0.25) is 0 Å². The van der Waals surface area contributed by atoms with Gasteiger partial charge in [0.15, 0.2) is 9.84 Å². The van der Waals surface area contributed by atoms with Gasteiger partial charge in [-0.25, -0.2) is 8.42 Å². The van der Waals surface area contributed by atoms with Crippen molar-refractivity contribution < 1.29 is 8.42 Å². The SMILES string of the molecule is C=CC(C)(C)S(=O)(=O)Cc1ccccc1. The minimum Gasteiger partial charge on any atom is -0.228 e. The minimum atomic E-state index is -3.18. The average molecular weight is 224 g/mol. The van der Waals surface area contributed by atoms with Gasteiger partial charge in [0.1, 0.15) is 0 Å². The second kappa shape index (κ2) is 4.19. The highest BCUT2D eigenvalue weighted by Crippen LogP contribution is 2.21. The molecule has 82 valence electrons. The highest BCUT2D eigenvalue weighted by atomic mass is 32.2. The van der Waals surface area contributed by atoms with Crippen LogP contribution in [0.25, 0.3) is 0 Å². The third-order valence-corrected chi connectivity index (χ3v) is 4.98. The molecule has 3 heteroatoms. The fourth-order valence-electron chi connectivity index (χ4n) is 1.11. The Hall–Kier alpha value is -1.09. The third-order valence-electron chi connectivity index (χ3n) is 2.49. The van der Waals surface area contributed by atoms with Crippen LogP contribution in [0.3, 0.4) is 0 Å². The van der Waals surface area contributed by atoms with Gasteiger partial charge < -0.3 is 0 Å². The van der Waals surface area contributed by atoms with E-state index in [-0.39, 0.29) is 5.75 Å². The molecule has 0 unspecified atom stereocenters. The zero-order chi connectivity index (χ0) is 11.5. The molecule has 15 heavy (non-hydrogen) atoms. The molecule has 0 bridgehead atoms. The lowest BCUT2D eigenvalue weighted by Gasteiger charge is -2.20. The summed E-state index contributed by atoms with van der Waals surface area (Å²) in [6.45, 7) is 6.89. The highest BCUT2D eigenvalue weighted by Gasteiger charge is 2.30. The van der Waals surface area contributed by atoms with Crippen LogP contribution in [0.15, 0.2) is 43.0 Å². The second-order valence-corrected chi connectivity index (χ2v) is 6.62. The van der Waals surface area contributed by atoms with Crippen LogP contribution in [-0.4, -0.2) is 13.2 Å². The summed E-state index contributed by atoms with van der Waals surface area (Å²) in [6.07, 6.45) is 1.48. The van der Waals surface area contributed by atoms with Crippen molar-refractivity contribution in [2.75, 3.05) is 0 Å². The first-order chi connectivity index (χ1) is 6.89. The Labute approximate surface area is 91.6 Å². The Morgan fingerprint density at radius 3 is 2.27 bits per heavy atom. The Morgan fingerprint density at radius 2 is 1.80 bits per heavy atom. The van der Waals surface area contributed by atoms with Crippen molar-refractivity contribution in [1.82, 2.24) is 0 Å². The molecule has 1 rings (SSSR count). The Balaban J connectivity index is 2.97. The maximum absolute atomic E-state index is 12.0. The maximum atomic E-state index is 12.0. The van der Waals surface area contributed by atoms with Crippen LogP contribution in [0.5, 0.6) is 0 Å². The number of hydrogen-bond donors (Lipinski definition) is 0. The molecule has 0 spiro atoms. The Kier molecular flexibility index (Phi) is 3.35. The number of rotatable bonds is 4. The molecule has 2 nitrogen and oxygen atoms in total. The van der Waals surface area contributed by atoms with E-state index in [4.69, 9.17) is 0 Å². The van der Waals surface area contributed by atoms with Gasteiger partial charge in [-0.2, -0.15) is 0 Å². The smallest absolute Gasteiger partial charge is 0.163 e. The fourth-order valence-corrected chi connectivity index (χ4v) is 2.36. The molecule has 1 aromatic carbocycles. The monoisotopic (exact) mass is 224 g/mol. The summed E-state index contributed by atoms with van der Waals surface area (Å²) in [5.41, 5.74) is 0.812. The first kappa shape index (κ1) is 12.0. The number of hydrogen-bond acceptors (Lipinski definition) is 2.